The Bertz CT molecular complexity index is 512. The van der Waals surface area contributed by atoms with E-state index in [4.69, 9.17) is 5.11 Å². The fraction of sp³-hybridized carbons (Fsp3) is 0.250. The van der Waals surface area contributed by atoms with E-state index >= 15 is 0 Å². The van der Waals surface area contributed by atoms with Gasteiger partial charge in [0.15, 0.2) is 0 Å². The molecular formula is C12H9F3O2S. The summed E-state index contributed by atoms with van der Waals surface area (Å²) in [5.74, 6) is 4.17. The van der Waals surface area contributed by atoms with Crippen LogP contribution in [0.2, 0.25) is 0 Å². The van der Waals surface area contributed by atoms with Crippen molar-refractivity contribution in [3.05, 3.63) is 34.9 Å². The van der Waals surface area contributed by atoms with Crippen LogP contribution in [0.3, 0.4) is 0 Å². The Morgan fingerprint density at radius 3 is 2.50 bits per heavy atom. The number of benzene rings is 1. The molecule has 2 nitrogen and oxygen atoms in total. The average molecular weight is 274 g/mol. The Balaban J connectivity index is 3.24. The van der Waals surface area contributed by atoms with E-state index in [1.54, 1.807) is 0 Å². The van der Waals surface area contributed by atoms with Gasteiger partial charge in [-0.2, -0.15) is 25.8 Å². The van der Waals surface area contributed by atoms with Crippen LogP contribution in [0.15, 0.2) is 18.2 Å². The summed E-state index contributed by atoms with van der Waals surface area (Å²) in [6, 6.07) is 2.53. The number of halogens is 3. The third-order valence-electron chi connectivity index (χ3n) is 1.98. The van der Waals surface area contributed by atoms with Gasteiger partial charge in [-0.25, -0.2) is 4.79 Å². The topological polar surface area (TPSA) is 37.3 Å². The molecule has 1 N–H and O–H groups in total. The van der Waals surface area contributed by atoms with Crippen LogP contribution in [-0.4, -0.2) is 16.8 Å². The van der Waals surface area contributed by atoms with E-state index in [1.165, 1.54) is 0 Å². The first-order chi connectivity index (χ1) is 8.34. The van der Waals surface area contributed by atoms with Crippen LogP contribution in [0.5, 0.6) is 0 Å². The van der Waals surface area contributed by atoms with Crippen molar-refractivity contribution in [3.8, 4) is 11.8 Å². The highest BCUT2D eigenvalue weighted by molar-refractivity contribution is 7.80. The highest BCUT2D eigenvalue weighted by atomic mass is 32.1. The lowest BCUT2D eigenvalue weighted by Crippen LogP contribution is -2.08. The first kappa shape index (κ1) is 14.5. The van der Waals surface area contributed by atoms with Gasteiger partial charge in [0.25, 0.3) is 0 Å². The molecule has 0 amide bonds. The van der Waals surface area contributed by atoms with Gasteiger partial charge < -0.3 is 5.11 Å². The van der Waals surface area contributed by atoms with Gasteiger partial charge in [-0.05, 0) is 18.2 Å². The van der Waals surface area contributed by atoms with Crippen molar-refractivity contribution in [2.24, 2.45) is 0 Å². The monoisotopic (exact) mass is 274 g/mol. The first-order valence-corrected chi connectivity index (χ1v) is 5.53. The van der Waals surface area contributed by atoms with Crippen molar-refractivity contribution >= 4 is 18.6 Å². The van der Waals surface area contributed by atoms with Gasteiger partial charge >= 0.3 is 12.1 Å². The summed E-state index contributed by atoms with van der Waals surface area (Å²) in [5, 5.41) is 8.74. The molecule has 1 aromatic rings. The molecule has 6 heteroatoms. The van der Waals surface area contributed by atoms with Crippen LogP contribution < -0.4 is 0 Å². The number of rotatable bonds is 2. The van der Waals surface area contributed by atoms with Crippen LogP contribution in [0.4, 0.5) is 13.2 Å². The lowest BCUT2D eigenvalue weighted by molar-refractivity contribution is -0.137. The molecule has 0 unspecified atom stereocenters. The SMILES string of the molecule is O=C(O)c1cc(C#CCCS)cc(C(F)(F)F)c1. The number of carboxylic acid groups (broad SMARTS) is 1. The van der Waals surface area contributed by atoms with Gasteiger partial charge in [0.05, 0.1) is 11.1 Å². The van der Waals surface area contributed by atoms with Crippen molar-refractivity contribution < 1.29 is 23.1 Å². The second-order valence-electron chi connectivity index (χ2n) is 3.38. The number of hydrogen-bond acceptors (Lipinski definition) is 2. The van der Waals surface area contributed by atoms with Crippen molar-refractivity contribution in [2.75, 3.05) is 5.75 Å². The zero-order chi connectivity index (χ0) is 13.8. The molecule has 0 atom stereocenters. The minimum Gasteiger partial charge on any atom is -0.478 e. The zero-order valence-electron chi connectivity index (χ0n) is 9.08. The fourth-order valence-electron chi connectivity index (χ4n) is 1.21. The van der Waals surface area contributed by atoms with E-state index in [2.05, 4.69) is 24.5 Å². The summed E-state index contributed by atoms with van der Waals surface area (Å²) in [5.41, 5.74) is -1.42. The van der Waals surface area contributed by atoms with Gasteiger partial charge in [0.1, 0.15) is 0 Å². The Hall–Kier alpha value is -1.61. The highest BCUT2D eigenvalue weighted by Gasteiger charge is 2.31. The zero-order valence-corrected chi connectivity index (χ0v) is 9.98. The van der Waals surface area contributed by atoms with Crippen LogP contribution >= 0.6 is 12.6 Å². The van der Waals surface area contributed by atoms with Gasteiger partial charge in [0, 0.05) is 17.7 Å². The molecule has 0 aromatic heterocycles. The van der Waals surface area contributed by atoms with Gasteiger partial charge in [-0.3, -0.25) is 0 Å². The Kier molecular flexibility index (Phi) is 4.68. The molecule has 96 valence electrons. The summed E-state index contributed by atoms with van der Waals surface area (Å²) < 4.78 is 37.6. The summed E-state index contributed by atoms with van der Waals surface area (Å²) >= 11 is 3.91. The number of carbonyl (C=O) groups is 1. The van der Waals surface area contributed by atoms with Crippen molar-refractivity contribution in [2.45, 2.75) is 12.6 Å². The number of alkyl halides is 3. The first-order valence-electron chi connectivity index (χ1n) is 4.90. The Morgan fingerprint density at radius 1 is 1.33 bits per heavy atom. The van der Waals surface area contributed by atoms with E-state index in [1.807, 2.05) is 0 Å². The molecule has 0 spiro atoms. The molecule has 0 aliphatic rings. The maximum Gasteiger partial charge on any atom is 0.416 e. The van der Waals surface area contributed by atoms with E-state index in [9.17, 15) is 18.0 Å². The van der Waals surface area contributed by atoms with E-state index in [0.29, 0.717) is 18.2 Å². The predicted octanol–water partition coefficient (Wildman–Crippen LogP) is 3.08. The van der Waals surface area contributed by atoms with Crippen LogP contribution in [0.25, 0.3) is 0 Å². The van der Waals surface area contributed by atoms with Crippen LogP contribution in [0.1, 0.15) is 27.9 Å². The van der Waals surface area contributed by atoms with Crippen LogP contribution in [0, 0.1) is 11.8 Å². The summed E-state index contributed by atoms with van der Waals surface area (Å²) in [6.45, 7) is 0. The van der Waals surface area contributed by atoms with Crippen molar-refractivity contribution in [1.82, 2.24) is 0 Å². The maximum absolute atomic E-state index is 12.5. The van der Waals surface area contributed by atoms with Gasteiger partial charge in [0.2, 0.25) is 0 Å². The fourth-order valence-corrected chi connectivity index (χ4v) is 1.32. The lowest BCUT2D eigenvalue weighted by atomic mass is 10.1. The second kappa shape index (κ2) is 5.83. The number of aromatic carboxylic acids is 1. The van der Waals surface area contributed by atoms with E-state index in [0.717, 1.165) is 12.1 Å². The average Bonchev–Trinajstić information content (AvgIpc) is 2.28. The third kappa shape index (κ3) is 4.00. The van der Waals surface area contributed by atoms with Gasteiger partial charge in [-0.1, -0.05) is 11.8 Å². The number of hydrogen-bond donors (Lipinski definition) is 2. The lowest BCUT2D eigenvalue weighted by Gasteiger charge is -2.08. The minimum atomic E-state index is -4.59. The molecule has 1 aromatic carbocycles. The summed E-state index contributed by atoms with van der Waals surface area (Å²) in [4.78, 5) is 10.7. The van der Waals surface area contributed by atoms with Crippen molar-refractivity contribution in [1.29, 1.82) is 0 Å². The molecular weight excluding hydrogens is 265 g/mol. The summed E-state index contributed by atoms with van der Waals surface area (Å²) in [7, 11) is 0. The molecule has 0 fully saturated rings. The second-order valence-corrected chi connectivity index (χ2v) is 3.82. The Labute approximate surface area is 107 Å². The molecule has 0 radical (unpaired) electrons. The molecule has 0 saturated carbocycles. The molecule has 0 saturated heterocycles. The molecule has 1 rings (SSSR count). The Morgan fingerprint density at radius 2 is 2.00 bits per heavy atom. The largest absolute Gasteiger partial charge is 0.478 e. The molecule has 18 heavy (non-hydrogen) atoms. The maximum atomic E-state index is 12.5. The molecule has 0 heterocycles. The van der Waals surface area contributed by atoms with Crippen molar-refractivity contribution in [3.63, 3.8) is 0 Å². The number of carboxylic acids is 1. The standard InChI is InChI=1S/C12H9F3O2S/c13-12(14,15)10-6-8(3-1-2-4-18)5-9(7-10)11(16)17/h5-7,18H,2,4H2,(H,16,17). The quantitative estimate of drug-likeness (QED) is 0.642. The number of thiol groups is 1. The molecule has 0 bridgehead atoms. The summed E-state index contributed by atoms with van der Waals surface area (Å²) in [6.07, 6.45) is -4.17. The molecule has 0 aliphatic carbocycles. The van der Waals surface area contributed by atoms with E-state index in [-0.39, 0.29) is 5.56 Å². The normalized spacial score (nSPS) is 10.7. The van der Waals surface area contributed by atoms with Crippen LogP contribution in [-0.2, 0) is 6.18 Å². The third-order valence-corrected chi connectivity index (χ3v) is 2.20. The highest BCUT2D eigenvalue weighted by Crippen LogP contribution is 2.30. The van der Waals surface area contributed by atoms with Gasteiger partial charge in [-0.15, -0.1) is 0 Å². The molecule has 0 aliphatic heterocycles. The predicted molar refractivity (Wildman–Crippen MR) is 63.8 cm³/mol. The smallest absolute Gasteiger partial charge is 0.416 e. The minimum absolute atomic E-state index is 0.0315. The van der Waals surface area contributed by atoms with E-state index < -0.39 is 23.3 Å².